The first-order chi connectivity index (χ1) is 14.7. The number of carbonyl (C=O) groups is 1. The molecule has 3 fully saturated rings. The molecule has 1 saturated heterocycles. The van der Waals surface area contributed by atoms with Crippen molar-refractivity contribution in [2.75, 3.05) is 25.1 Å². The Kier molecular flexibility index (Phi) is 4.51. The van der Waals surface area contributed by atoms with Gasteiger partial charge in [-0.25, -0.2) is 13.6 Å². The van der Waals surface area contributed by atoms with E-state index in [9.17, 15) is 19.1 Å². The first-order valence-electron chi connectivity index (χ1n) is 10.6. The molecule has 1 aromatic carbocycles. The standard InChI is InChI=1S/C22H25F2N3O4/c1-31-20-17-12(19(28)13(21(29)30)10-27(17)16-7-14(16)23)6-15(24)18(20)26-5-2-11(9-26)8-22(25)3-4-22/h6,10-11,14,16H,2-5,7-9,25H2,1H3,(H,29,30)/t11?,14-,16-/m1/s1. The Hall–Kier alpha value is -2.68. The molecule has 7 nitrogen and oxygen atoms in total. The highest BCUT2D eigenvalue weighted by atomic mass is 19.1. The number of rotatable bonds is 6. The minimum atomic E-state index is -1.43. The molecule has 0 radical (unpaired) electrons. The summed E-state index contributed by atoms with van der Waals surface area (Å²) < 4.78 is 36.3. The van der Waals surface area contributed by atoms with Gasteiger partial charge in [0, 0.05) is 31.2 Å². The zero-order valence-corrected chi connectivity index (χ0v) is 17.2. The number of methoxy groups -OCH3 is 1. The van der Waals surface area contributed by atoms with Crippen LogP contribution in [0.4, 0.5) is 14.5 Å². The minimum absolute atomic E-state index is 0.0947. The van der Waals surface area contributed by atoms with Gasteiger partial charge < -0.3 is 25.0 Å². The van der Waals surface area contributed by atoms with Crippen molar-refractivity contribution in [2.24, 2.45) is 11.7 Å². The Morgan fingerprint density at radius 3 is 2.71 bits per heavy atom. The molecule has 1 unspecified atom stereocenters. The lowest BCUT2D eigenvalue weighted by molar-refractivity contribution is 0.0694. The van der Waals surface area contributed by atoms with E-state index in [0.717, 1.165) is 37.9 Å². The normalized spacial score (nSPS) is 26.3. The van der Waals surface area contributed by atoms with Crippen LogP contribution in [0.2, 0.25) is 0 Å². The van der Waals surface area contributed by atoms with E-state index >= 15 is 4.39 Å². The predicted octanol–water partition coefficient (Wildman–Crippen LogP) is 2.84. The van der Waals surface area contributed by atoms with Gasteiger partial charge >= 0.3 is 5.97 Å². The Balaban J connectivity index is 1.65. The minimum Gasteiger partial charge on any atom is -0.492 e. The molecule has 5 rings (SSSR count). The molecule has 2 aromatic rings. The largest absolute Gasteiger partial charge is 0.492 e. The van der Waals surface area contributed by atoms with Crippen molar-refractivity contribution in [3.8, 4) is 5.75 Å². The van der Waals surface area contributed by atoms with Crippen molar-refractivity contribution in [1.29, 1.82) is 0 Å². The number of anilines is 1. The number of carboxylic acid groups (broad SMARTS) is 1. The van der Waals surface area contributed by atoms with Crippen molar-refractivity contribution in [1.82, 2.24) is 4.57 Å². The van der Waals surface area contributed by atoms with Crippen LogP contribution in [0.15, 0.2) is 17.1 Å². The van der Waals surface area contributed by atoms with Crippen LogP contribution in [-0.4, -0.2) is 47.6 Å². The molecule has 9 heteroatoms. The highest BCUT2D eigenvalue weighted by Gasteiger charge is 2.43. The maximum atomic E-state index is 15.3. The van der Waals surface area contributed by atoms with Crippen LogP contribution in [0.25, 0.3) is 10.9 Å². The molecular formula is C22H25F2N3O4. The van der Waals surface area contributed by atoms with E-state index in [2.05, 4.69) is 0 Å². The third-order valence-electron chi connectivity index (χ3n) is 6.86. The van der Waals surface area contributed by atoms with Gasteiger partial charge in [0.05, 0.1) is 24.1 Å². The summed E-state index contributed by atoms with van der Waals surface area (Å²) in [6, 6.07) is 0.457. The molecule has 3 N–H and O–H groups in total. The number of hydrogen-bond donors (Lipinski definition) is 2. The first kappa shape index (κ1) is 20.2. The summed E-state index contributed by atoms with van der Waals surface area (Å²) in [7, 11) is 1.38. The van der Waals surface area contributed by atoms with Gasteiger partial charge in [-0.1, -0.05) is 0 Å². The number of carboxylic acids is 1. The molecule has 0 spiro atoms. The van der Waals surface area contributed by atoms with E-state index in [-0.39, 0.29) is 34.3 Å². The van der Waals surface area contributed by atoms with Gasteiger partial charge in [-0.05, 0) is 37.7 Å². The number of alkyl halides is 1. The zero-order valence-electron chi connectivity index (χ0n) is 17.2. The van der Waals surface area contributed by atoms with E-state index in [1.54, 1.807) is 0 Å². The maximum Gasteiger partial charge on any atom is 0.341 e. The second kappa shape index (κ2) is 6.91. The fourth-order valence-corrected chi connectivity index (χ4v) is 4.93. The first-order valence-corrected chi connectivity index (χ1v) is 10.6. The van der Waals surface area contributed by atoms with Crippen LogP contribution in [0.5, 0.6) is 5.75 Å². The number of ether oxygens (including phenoxy) is 1. The van der Waals surface area contributed by atoms with Gasteiger partial charge in [0.2, 0.25) is 5.43 Å². The average Bonchev–Trinajstić information content (AvgIpc) is 3.58. The second-order valence-corrected chi connectivity index (χ2v) is 9.21. The number of aromatic carboxylic acids is 1. The second-order valence-electron chi connectivity index (χ2n) is 9.21. The molecule has 31 heavy (non-hydrogen) atoms. The van der Waals surface area contributed by atoms with E-state index in [1.165, 1.54) is 11.7 Å². The van der Waals surface area contributed by atoms with Gasteiger partial charge in [-0.15, -0.1) is 0 Å². The third-order valence-corrected chi connectivity index (χ3v) is 6.86. The van der Waals surface area contributed by atoms with Crippen LogP contribution >= 0.6 is 0 Å². The molecule has 2 aliphatic carbocycles. The SMILES string of the molecule is COc1c(N2CCC(CC3(N)CC3)C2)c(F)cc2c(=O)c(C(=O)O)cn([C@@H]3C[C@H]3F)c12. The highest BCUT2D eigenvalue weighted by molar-refractivity contribution is 5.97. The molecule has 3 atom stereocenters. The summed E-state index contributed by atoms with van der Waals surface area (Å²) in [6.45, 7) is 1.23. The Labute approximate surface area is 177 Å². The van der Waals surface area contributed by atoms with E-state index in [1.807, 2.05) is 4.90 Å². The summed E-state index contributed by atoms with van der Waals surface area (Å²) in [5.41, 5.74) is 5.31. The molecule has 3 aliphatic rings. The number of pyridine rings is 1. The molecule has 2 heterocycles. The summed E-state index contributed by atoms with van der Waals surface area (Å²) in [4.78, 5) is 26.2. The quantitative estimate of drug-likeness (QED) is 0.727. The van der Waals surface area contributed by atoms with Crippen molar-refractivity contribution >= 4 is 22.6 Å². The summed E-state index contributed by atoms with van der Waals surface area (Å²) in [5.74, 6) is -1.61. The molecule has 0 bridgehead atoms. The molecular weight excluding hydrogens is 408 g/mol. The highest BCUT2D eigenvalue weighted by Crippen LogP contribution is 2.47. The molecule has 0 amide bonds. The van der Waals surface area contributed by atoms with Crippen molar-refractivity contribution in [2.45, 2.75) is 49.9 Å². The lowest BCUT2D eigenvalue weighted by Gasteiger charge is -2.25. The van der Waals surface area contributed by atoms with Gasteiger partial charge in [0.25, 0.3) is 0 Å². The summed E-state index contributed by atoms with van der Waals surface area (Å²) in [5, 5.41) is 9.30. The number of fused-ring (bicyclic) bond motifs is 1. The number of nitrogens with zero attached hydrogens (tertiary/aromatic N) is 2. The monoisotopic (exact) mass is 433 g/mol. The van der Waals surface area contributed by atoms with Crippen LogP contribution in [0, 0.1) is 11.7 Å². The van der Waals surface area contributed by atoms with Gasteiger partial charge in [0.1, 0.15) is 17.4 Å². The Morgan fingerprint density at radius 1 is 1.42 bits per heavy atom. The lowest BCUT2D eigenvalue weighted by atomic mass is 9.98. The average molecular weight is 433 g/mol. The molecule has 1 aromatic heterocycles. The van der Waals surface area contributed by atoms with E-state index in [4.69, 9.17) is 10.5 Å². The lowest BCUT2D eigenvalue weighted by Crippen LogP contribution is -2.28. The van der Waals surface area contributed by atoms with Gasteiger partial charge in [-0.3, -0.25) is 4.79 Å². The fraction of sp³-hybridized carbons (Fsp3) is 0.545. The van der Waals surface area contributed by atoms with Gasteiger partial charge in [-0.2, -0.15) is 0 Å². The van der Waals surface area contributed by atoms with E-state index in [0.29, 0.717) is 19.0 Å². The maximum absolute atomic E-state index is 15.3. The van der Waals surface area contributed by atoms with E-state index < -0.39 is 35.0 Å². The third kappa shape index (κ3) is 3.35. The zero-order chi connectivity index (χ0) is 22.1. The fourth-order valence-electron chi connectivity index (χ4n) is 4.93. The van der Waals surface area contributed by atoms with Crippen LogP contribution in [-0.2, 0) is 0 Å². The van der Waals surface area contributed by atoms with Crippen molar-refractivity contribution in [3.05, 3.63) is 33.9 Å². The van der Waals surface area contributed by atoms with Crippen LogP contribution < -0.4 is 20.8 Å². The van der Waals surface area contributed by atoms with Crippen molar-refractivity contribution < 1.29 is 23.4 Å². The number of halogens is 2. The molecule has 166 valence electrons. The molecule has 2 saturated carbocycles. The number of hydrogen-bond acceptors (Lipinski definition) is 5. The van der Waals surface area contributed by atoms with Crippen molar-refractivity contribution in [3.63, 3.8) is 0 Å². The topological polar surface area (TPSA) is 97.8 Å². The smallest absolute Gasteiger partial charge is 0.341 e. The summed E-state index contributed by atoms with van der Waals surface area (Å²) >= 11 is 0. The van der Waals surface area contributed by atoms with Gasteiger partial charge in [0.15, 0.2) is 11.6 Å². The Morgan fingerprint density at radius 2 is 2.13 bits per heavy atom. The number of aromatic nitrogens is 1. The van der Waals surface area contributed by atoms with Crippen LogP contribution in [0.1, 0.15) is 48.5 Å². The summed E-state index contributed by atoms with van der Waals surface area (Å²) in [6.07, 6.45) is 4.00. The Bertz CT molecular complexity index is 1140. The van der Waals surface area contributed by atoms with Crippen LogP contribution in [0.3, 0.4) is 0 Å². The number of nitrogens with two attached hydrogens (primary N) is 1. The number of benzene rings is 1. The molecule has 1 aliphatic heterocycles. The predicted molar refractivity (Wildman–Crippen MR) is 111 cm³/mol.